The third-order valence-corrected chi connectivity index (χ3v) is 5.01. The second-order valence-corrected chi connectivity index (χ2v) is 7.35. The van der Waals surface area contributed by atoms with Crippen LogP contribution in [0.5, 0.6) is 11.5 Å². The molecule has 2 aromatic carbocycles. The largest absolute Gasteiger partial charge is 0.497 e. The Balaban J connectivity index is 1.31. The molecule has 8 nitrogen and oxygen atoms in total. The zero-order valence-electron chi connectivity index (χ0n) is 18.0. The summed E-state index contributed by atoms with van der Waals surface area (Å²) in [5.41, 5.74) is 3.80. The minimum absolute atomic E-state index is 0.145. The first kappa shape index (κ1) is 21.2. The summed E-state index contributed by atoms with van der Waals surface area (Å²) in [6.45, 7) is 0. The minimum atomic E-state index is -0.145. The smallest absolute Gasteiger partial charge is 0.230 e. The Morgan fingerprint density at radius 2 is 1.75 bits per heavy atom. The molecular weight excluding hydrogens is 406 g/mol. The van der Waals surface area contributed by atoms with Gasteiger partial charge >= 0.3 is 0 Å². The number of aromatic nitrogens is 4. The number of nitrogens with zero attached hydrogens (tertiary/aromatic N) is 3. The molecule has 1 amide bonds. The highest BCUT2D eigenvalue weighted by Crippen LogP contribution is 2.23. The van der Waals surface area contributed by atoms with Crippen molar-refractivity contribution in [2.24, 2.45) is 0 Å². The molecule has 0 aliphatic carbocycles. The topological polar surface area (TPSA) is 94.1 Å². The lowest BCUT2D eigenvalue weighted by molar-refractivity contribution is -0.115. The summed E-state index contributed by atoms with van der Waals surface area (Å²) >= 11 is 0. The molecule has 8 heteroatoms. The fraction of sp³-hybridized carbons (Fsp3) is 0.208. The van der Waals surface area contributed by atoms with Crippen LogP contribution in [0.1, 0.15) is 16.8 Å². The Kier molecular flexibility index (Phi) is 6.50. The highest BCUT2D eigenvalue weighted by molar-refractivity contribution is 5.91. The number of para-hydroxylation sites is 1. The van der Waals surface area contributed by atoms with E-state index >= 15 is 0 Å². The molecule has 2 heterocycles. The zero-order valence-corrected chi connectivity index (χ0v) is 18.0. The van der Waals surface area contributed by atoms with E-state index in [0.29, 0.717) is 5.82 Å². The Labute approximate surface area is 186 Å². The minimum Gasteiger partial charge on any atom is -0.497 e. The van der Waals surface area contributed by atoms with Crippen LogP contribution in [0.4, 0.5) is 5.82 Å². The number of ether oxygens (including phenoxy) is 2. The Morgan fingerprint density at radius 3 is 2.47 bits per heavy atom. The van der Waals surface area contributed by atoms with Crippen molar-refractivity contribution in [3.63, 3.8) is 0 Å². The predicted octanol–water partition coefficient (Wildman–Crippen LogP) is 3.58. The Hall–Kier alpha value is -4.07. The molecule has 4 aromatic rings. The van der Waals surface area contributed by atoms with Crippen molar-refractivity contribution < 1.29 is 14.3 Å². The van der Waals surface area contributed by atoms with E-state index in [1.54, 1.807) is 25.1 Å². The van der Waals surface area contributed by atoms with Crippen molar-refractivity contribution in [1.29, 1.82) is 0 Å². The summed E-state index contributed by atoms with van der Waals surface area (Å²) in [6, 6.07) is 17.4. The summed E-state index contributed by atoms with van der Waals surface area (Å²) in [7, 11) is 3.27. The van der Waals surface area contributed by atoms with E-state index in [0.717, 1.165) is 46.8 Å². The molecule has 164 valence electrons. The molecule has 4 rings (SSSR count). The molecule has 0 saturated carbocycles. The standard InChI is InChI=1S/C24H25N5O3/c1-31-21-10-17(11-22(14-21)32-2)8-9-19-13-23(28-27-19)26-24(30)12-18-15-25-29(16-18)20-6-4-3-5-7-20/h3-7,10-11,13-16H,8-9,12H2,1-2H3,(H2,26,27,28,30). The van der Waals surface area contributed by atoms with Gasteiger partial charge < -0.3 is 14.8 Å². The lowest BCUT2D eigenvalue weighted by Gasteiger charge is -2.08. The highest BCUT2D eigenvalue weighted by Gasteiger charge is 2.10. The van der Waals surface area contributed by atoms with Gasteiger partial charge in [0.05, 0.1) is 32.5 Å². The number of hydrogen-bond acceptors (Lipinski definition) is 5. The van der Waals surface area contributed by atoms with Gasteiger partial charge in [0.2, 0.25) is 5.91 Å². The second-order valence-electron chi connectivity index (χ2n) is 7.35. The Bertz CT molecular complexity index is 1160. The van der Waals surface area contributed by atoms with Gasteiger partial charge in [-0.05, 0) is 48.2 Å². The van der Waals surface area contributed by atoms with E-state index < -0.39 is 0 Å². The number of rotatable bonds is 9. The first-order valence-corrected chi connectivity index (χ1v) is 10.3. The molecule has 0 atom stereocenters. The zero-order chi connectivity index (χ0) is 22.3. The number of H-pyrrole nitrogens is 1. The van der Waals surface area contributed by atoms with Gasteiger partial charge in [-0.3, -0.25) is 9.89 Å². The van der Waals surface area contributed by atoms with E-state index in [2.05, 4.69) is 20.6 Å². The van der Waals surface area contributed by atoms with Gasteiger partial charge in [0.25, 0.3) is 0 Å². The maximum Gasteiger partial charge on any atom is 0.230 e. The van der Waals surface area contributed by atoms with Crippen LogP contribution in [-0.4, -0.2) is 40.1 Å². The number of carbonyl (C=O) groups excluding carboxylic acids is 1. The van der Waals surface area contributed by atoms with E-state index in [1.807, 2.05) is 60.8 Å². The summed E-state index contributed by atoms with van der Waals surface area (Å²) in [4.78, 5) is 12.4. The van der Waals surface area contributed by atoms with Crippen LogP contribution in [-0.2, 0) is 24.1 Å². The van der Waals surface area contributed by atoms with Crippen LogP contribution in [0, 0.1) is 0 Å². The van der Waals surface area contributed by atoms with Crippen LogP contribution >= 0.6 is 0 Å². The van der Waals surface area contributed by atoms with Crippen molar-refractivity contribution in [1.82, 2.24) is 20.0 Å². The van der Waals surface area contributed by atoms with Crippen LogP contribution in [0.15, 0.2) is 67.0 Å². The second kappa shape index (κ2) is 9.82. The van der Waals surface area contributed by atoms with E-state index in [1.165, 1.54) is 0 Å². The summed E-state index contributed by atoms with van der Waals surface area (Å²) in [6.07, 6.45) is 5.29. The molecule has 0 radical (unpaired) electrons. The number of aromatic amines is 1. The fourth-order valence-corrected chi connectivity index (χ4v) is 3.39. The average Bonchev–Trinajstić information content (AvgIpc) is 3.47. The van der Waals surface area contributed by atoms with E-state index in [-0.39, 0.29) is 12.3 Å². The molecule has 2 aromatic heterocycles. The third kappa shape index (κ3) is 5.34. The molecule has 0 fully saturated rings. The van der Waals surface area contributed by atoms with E-state index in [4.69, 9.17) is 9.47 Å². The van der Waals surface area contributed by atoms with Crippen molar-refractivity contribution in [3.05, 3.63) is 83.8 Å². The number of amides is 1. The lowest BCUT2D eigenvalue weighted by atomic mass is 10.1. The summed E-state index contributed by atoms with van der Waals surface area (Å²) < 4.78 is 12.4. The van der Waals surface area contributed by atoms with Crippen LogP contribution in [0.2, 0.25) is 0 Å². The van der Waals surface area contributed by atoms with Crippen molar-refractivity contribution in [2.75, 3.05) is 19.5 Å². The SMILES string of the molecule is COc1cc(CCc2cc(NC(=O)Cc3cnn(-c4ccccc4)c3)n[nH]2)cc(OC)c1. The monoisotopic (exact) mass is 431 g/mol. The number of aryl methyl sites for hydroxylation is 2. The summed E-state index contributed by atoms with van der Waals surface area (Å²) in [5, 5.41) is 14.3. The maximum absolute atomic E-state index is 12.4. The predicted molar refractivity (Wildman–Crippen MR) is 121 cm³/mol. The van der Waals surface area contributed by atoms with Crippen molar-refractivity contribution in [2.45, 2.75) is 19.3 Å². The number of methoxy groups -OCH3 is 2. The Morgan fingerprint density at radius 1 is 1.00 bits per heavy atom. The number of hydrogen-bond donors (Lipinski definition) is 2. The number of carbonyl (C=O) groups is 1. The van der Waals surface area contributed by atoms with Gasteiger partial charge in [0.1, 0.15) is 11.5 Å². The van der Waals surface area contributed by atoms with Gasteiger partial charge in [0, 0.05) is 24.0 Å². The molecule has 0 aliphatic heterocycles. The molecule has 32 heavy (non-hydrogen) atoms. The van der Waals surface area contributed by atoms with Gasteiger partial charge in [-0.25, -0.2) is 4.68 Å². The molecule has 0 saturated heterocycles. The quantitative estimate of drug-likeness (QED) is 0.422. The maximum atomic E-state index is 12.4. The van der Waals surface area contributed by atoms with Crippen LogP contribution in [0.25, 0.3) is 5.69 Å². The molecule has 0 bridgehead atoms. The fourth-order valence-electron chi connectivity index (χ4n) is 3.39. The first-order chi connectivity index (χ1) is 15.6. The first-order valence-electron chi connectivity index (χ1n) is 10.3. The lowest BCUT2D eigenvalue weighted by Crippen LogP contribution is -2.14. The number of anilines is 1. The van der Waals surface area contributed by atoms with Gasteiger partial charge in [-0.2, -0.15) is 10.2 Å². The van der Waals surface area contributed by atoms with Crippen LogP contribution < -0.4 is 14.8 Å². The van der Waals surface area contributed by atoms with Crippen molar-refractivity contribution in [3.8, 4) is 17.2 Å². The van der Waals surface area contributed by atoms with Crippen molar-refractivity contribution >= 4 is 11.7 Å². The molecule has 0 unspecified atom stereocenters. The van der Waals surface area contributed by atoms with Gasteiger partial charge in [-0.15, -0.1) is 0 Å². The van der Waals surface area contributed by atoms with E-state index in [9.17, 15) is 4.79 Å². The third-order valence-electron chi connectivity index (χ3n) is 5.01. The normalized spacial score (nSPS) is 10.7. The summed E-state index contributed by atoms with van der Waals surface area (Å²) in [5.74, 6) is 1.87. The molecule has 2 N–H and O–H groups in total. The average molecular weight is 431 g/mol. The molecular formula is C24H25N5O3. The number of nitrogens with one attached hydrogen (secondary N) is 2. The molecule has 0 aliphatic rings. The highest BCUT2D eigenvalue weighted by atomic mass is 16.5. The molecule has 0 spiro atoms. The van der Waals surface area contributed by atoms with Crippen LogP contribution in [0.3, 0.4) is 0 Å². The van der Waals surface area contributed by atoms with Gasteiger partial charge in [0.15, 0.2) is 5.82 Å². The number of benzene rings is 2. The van der Waals surface area contributed by atoms with Gasteiger partial charge in [-0.1, -0.05) is 18.2 Å².